The first-order valence-electron chi connectivity index (χ1n) is 8.31. The van der Waals surface area contributed by atoms with Crippen LogP contribution in [-0.2, 0) is 16.2 Å². The molecule has 2 unspecified atom stereocenters. The average molecular weight is 360 g/mol. The summed E-state index contributed by atoms with van der Waals surface area (Å²) >= 11 is -1.23. The predicted octanol–water partition coefficient (Wildman–Crippen LogP) is 1.68. The normalized spacial score (nSPS) is 20.4. The molecule has 0 aliphatic carbocycles. The highest BCUT2D eigenvalue weighted by molar-refractivity contribution is 7.89. The number of carbonyl (C=O) groups is 1. The zero-order valence-electron chi connectivity index (χ0n) is 14.0. The van der Waals surface area contributed by atoms with Crippen LogP contribution >= 0.6 is 0 Å². The molecule has 1 aromatic carbocycles. The van der Waals surface area contributed by atoms with Crippen molar-refractivity contribution < 1.29 is 18.9 Å². The Morgan fingerprint density at radius 1 is 1.28 bits per heavy atom. The summed E-state index contributed by atoms with van der Waals surface area (Å²) in [6.07, 6.45) is 1.16. The van der Waals surface area contributed by atoms with Gasteiger partial charge in [-0.3, -0.25) is 4.79 Å². The molecule has 132 valence electrons. The minimum atomic E-state index is -1.23. The monoisotopic (exact) mass is 360 g/mol. The van der Waals surface area contributed by atoms with Crippen LogP contribution in [0.1, 0.15) is 13.3 Å². The second kappa shape index (κ2) is 6.49. The molecular weight excluding hydrogens is 340 g/mol. The Morgan fingerprint density at radius 3 is 2.68 bits per heavy atom. The Balaban J connectivity index is 1.40. The molecule has 1 aromatic heterocycles. The fraction of sp³-hybridized carbons (Fsp3) is 0.389. The van der Waals surface area contributed by atoms with Gasteiger partial charge in [0.1, 0.15) is 5.58 Å². The molecule has 6 nitrogen and oxygen atoms in total. The molecule has 2 aliphatic heterocycles. The summed E-state index contributed by atoms with van der Waals surface area (Å²) in [7, 11) is 0. The third kappa shape index (κ3) is 3.20. The molecule has 2 aromatic rings. The van der Waals surface area contributed by atoms with E-state index in [0.29, 0.717) is 26.2 Å². The minimum Gasteiger partial charge on any atom is -0.593 e. The summed E-state index contributed by atoms with van der Waals surface area (Å²) in [6.45, 7) is 4.01. The van der Waals surface area contributed by atoms with E-state index in [1.807, 2.05) is 28.6 Å². The number of hydrogen-bond acceptors (Lipinski definition) is 5. The van der Waals surface area contributed by atoms with E-state index < -0.39 is 17.5 Å². The number of furan rings is 1. The first-order chi connectivity index (χ1) is 12.0. The standard InChI is InChI=1S/C18H20N2O4S/c1-12(21)6-18(22)19-8-14-10-20(11-15(14)9-19)25(23)16-2-3-17-13(7-16)4-5-24-17/h2-5,7,12,21H,6,8-11H2,1H3. The third-order valence-corrected chi connectivity index (χ3v) is 6.07. The van der Waals surface area contributed by atoms with Gasteiger partial charge in [0.25, 0.3) is 0 Å². The number of carbonyl (C=O) groups excluding carboxylic acids is 1. The zero-order valence-corrected chi connectivity index (χ0v) is 14.8. The van der Waals surface area contributed by atoms with Gasteiger partial charge >= 0.3 is 0 Å². The number of benzene rings is 1. The lowest BCUT2D eigenvalue weighted by atomic mass is 10.2. The van der Waals surface area contributed by atoms with Crippen LogP contribution in [0.15, 0.2) is 51.0 Å². The summed E-state index contributed by atoms with van der Waals surface area (Å²) in [6, 6.07) is 7.45. The summed E-state index contributed by atoms with van der Waals surface area (Å²) in [5.41, 5.74) is 3.14. The molecule has 3 heterocycles. The molecule has 0 saturated carbocycles. The number of hydrogen-bond donors (Lipinski definition) is 1. The lowest BCUT2D eigenvalue weighted by Gasteiger charge is -2.24. The van der Waals surface area contributed by atoms with Gasteiger partial charge < -0.3 is 19.0 Å². The van der Waals surface area contributed by atoms with Crippen LogP contribution in [-0.4, -0.2) is 57.1 Å². The number of fused-ring (bicyclic) bond motifs is 1. The topological polar surface area (TPSA) is 80.0 Å². The molecule has 1 amide bonds. The fourth-order valence-electron chi connectivity index (χ4n) is 3.42. The quantitative estimate of drug-likeness (QED) is 0.663. The first kappa shape index (κ1) is 16.7. The van der Waals surface area contributed by atoms with Crippen molar-refractivity contribution in [3.63, 3.8) is 0 Å². The Kier molecular flexibility index (Phi) is 4.33. The highest BCUT2D eigenvalue weighted by Gasteiger charge is 2.37. The smallest absolute Gasteiger partial charge is 0.225 e. The molecule has 0 fully saturated rings. The van der Waals surface area contributed by atoms with Gasteiger partial charge in [-0.25, -0.2) is 0 Å². The highest BCUT2D eigenvalue weighted by atomic mass is 32.2. The van der Waals surface area contributed by atoms with E-state index in [1.54, 1.807) is 18.1 Å². The van der Waals surface area contributed by atoms with Gasteiger partial charge in [-0.1, -0.05) is 0 Å². The van der Waals surface area contributed by atoms with Crippen molar-refractivity contribution in [2.75, 3.05) is 26.2 Å². The fourth-order valence-corrected chi connectivity index (χ4v) is 4.68. The van der Waals surface area contributed by atoms with Crippen molar-refractivity contribution in [3.05, 3.63) is 41.7 Å². The van der Waals surface area contributed by atoms with Crippen molar-refractivity contribution in [1.82, 2.24) is 9.21 Å². The SMILES string of the molecule is CC(O)CC(=O)N1CC2=C(C1)CN([S+]([O-])c1ccc3occc3c1)C2. The number of nitrogens with zero attached hydrogens (tertiary/aromatic N) is 2. The van der Waals surface area contributed by atoms with Crippen LogP contribution < -0.4 is 0 Å². The largest absolute Gasteiger partial charge is 0.593 e. The first-order valence-corrected chi connectivity index (χ1v) is 9.41. The van der Waals surface area contributed by atoms with Gasteiger partial charge in [0, 0.05) is 24.5 Å². The molecular formula is C18H20N2O4S. The molecule has 4 rings (SSSR count). The van der Waals surface area contributed by atoms with Crippen LogP contribution in [0.5, 0.6) is 0 Å². The summed E-state index contributed by atoms with van der Waals surface area (Å²) in [5.74, 6) is -0.0255. The Bertz CT molecular complexity index is 826. The summed E-state index contributed by atoms with van der Waals surface area (Å²) < 4.78 is 20.1. The molecule has 0 radical (unpaired) electrons. The van der Waals surface area contributed by atoms with Crippen LogP contribution in [0.4, 0.5) is 0 Å². The maximum atomic E-state index is 12.9. The molecule has 25 heavy (non-hydrogen) atoms. The van der Waals surface area contributed by atoms with Crippen molar-refractivity contribution in [1.29, 1.82) is 0 Å². The number of amides is 1. The van der Waals surface area contributed by atoms with Crippen molar-refractivity contribution in [2.24, 2.45) is 0 Å². The van der Waals surface area contributed by atoms with E-state index in [0.717, 1.165) is 15.9 Å². The maximum Gasteiger partial charge on any atom is 0.225 e. The Hall–Kier alpha value is -1.80. The van der Waals surface area contributed by atoms with E-state index >= 15 is 0 Å². The van der Waals surface area contributed by atoms with Crippen molar-refractivity contribution in [2.45, 2.75) is 24.3 Å². The molecule has 0 bridgehead atoms. The maximum absolute atomic E-state index is 12.9. The van der Waals surface area contributed by atoms with Crippen LogP contribution in [0.3, 0.4) is 0 Å². The van der Waals surface area contributed by atoms with Gasteiger partial charge in [0.05, 0.1) is 43.2 Å². The third-order valence-electron chi connectivity index (χ3n) is 4.68. The molecule has 0 saturated heterocycles. The number of aliphatic hydroxyl groups is 1. The van der Waals surface area contributed by atoms with Gasteiger partial charge in [-0.2, -0.15) is 0 Å². The Morgan fingerprint density at radius 2 is 2.00 bits per heavy atom. The van der Waals surface area contributed by atoms with E-state index in [4.69, 9.17) is 4.42 Å². The molecule has 2 atom stereocenters. The van der Waals surface area contributed by atoms with E-state index in [-0.39, 0.29) is 12.3 Å². The van der Waals surface area contributed by atoms with Crippen LogP contribution in [0, 0.1) is 0 Å². The van der Waals surface area contributed by atoms with E-state index in [1.165, 1.54) is 11.1 Å². The zero-order chi connectivity index (χ0) is 17.6. The Labute approximate surface area is 149 Å². The second-order valence-corrected chi connectivity index (χ2v) is 8.16. The van der Waals surface area contributed by atoms with Gasteiger partial charge in [0.15, 0.2) is 4.90 Å². The van der Waals surface area contributed by atoms with E-state index in [2.05, 4.69) is 0 Å². The molecule has 7 heteroatoms. The molecule has 0 spiro atoms. The van der Waals surface area contributed by atoms with E-state index in [9.17, 15) is 14.5 Å². The van der Waals surface area contributed by atoms with Gasteiger partial charge in [-0.05, 0) is 36.3 Å². The highest BCUT2D eigenvalue weighted by Crippen LogP contribution is 2.31. The van der Waals surface area contributed by atoms with Gasteiger partial charge in [-0.15, -0.1) is 4.31 Å². The van der Waals surface area contributed by atoms with Gasteiger partial charge in [0.2, 0.25) is 5.91 Å². The lowest BCUT2D eigenvalue weighted by Crippen LogP contribution is -2.37. The van der Waals surface area contributed by atoms with Crippen molar-refractivity contribution in [3.8, 4) is 0 Å². The lowest BCUT2D eigenvalue weighted by molar-refractivity contribution is -0.131. The van der Waals surface area contributed by atoms with Crippen LogP contribution in [0.25, 0.3) is 11.0 Å². The summed E-state index contributed by atoms with van der Waals surface area (Å²) in [5, 5.41) is 10.3. The predicted molar refractivity (Wildman–Crippen MR) is 94.1 cm³/mol. The number of aliphatic hydroxyl groups excluding tert-OH is 1. The van der Waals surface area contributed by atoms with Crippen LogP contribution in [0.2, 0.25) is 0 Å². The summed E-state index contributed by atoms with van der Waals surface area (Å²) in [4.78, 5) is 14.6. The molecule has 1 N–H and O–H groups in total. The average Bonchev–Trinajstić information content (AvgIpc) is 3.26. The second-order valence-electron chi connectivity index (χ2n) is 6.68. The molecule has 2 aliphatic rings. The number of rotatable bonds is 4. The minimum absolute atomic E-state index is 0.0255. The van der Waals surface area contributed by atoms with Crippen molar-refractivity contribution >= 4 is 28.2 Å².